The summed E-state index contributed by atoms with van der Waals surface area (Å²) >= 11 is 7.61. The molecular formula is C16H11ClN2S. The Kier molecular flexibility index (Phi) is 2.76. The molecular weight excluding hydrogens is 288 g/mol. The Balaban J connectivity index is 1.66. The number of hydrogen-bond acceptors (Lipinski definition) is 3. The molecule has 20 heavy (non-hydrogen) atoms. The zero-order valence-corrected chi connectivity index (χ0v) is 12.1. The zero-order valence-electron chi connectivity index (χ0n) is 10.6. The summed E-state index contributed by atoms with van der Waals surface area (Å²) in [5.74, 6) is 0. The molecule has 4 heteroatoms. The lowest BCUT2D eigenvalue weighted by Gasteiger charge is -2.02. The standard InChI is InChI=1S/C16H11ClN2S/c17-11-5-7-12(8-6-11)18-16-19-15-13-4-2-1-3-10(13)9-14(15)20-16/h1-8H,9H2,(H,18,19). The number of fused-ring (bicyclic) bond motifs is 3. The van der Waals surface area contributed by atoms with Crippen LogP contribution in [0, 0.1) is 0 Å². The summed E-state index contributed by atoms with van der Waals surface area (Å²) in [6.45, 7) is 0. The maximum absolute atomic E-state index is 5.89. The molecule has 0 amide bonds. The van der Waals surface area contributed by atoms with Gasteiger partial charge in [0.1, 0.15) is 0 Å². The van der Waals surface area contributed by atoms with Crippen LogP contribution in [0.5, 0.6) is 0 Å². The Morgan fingerprint density at radius 2 is 1.85 bits per heavy atom. The van der Waals surface area contributed by atoms with Gasteiger partial charge in [-0.25, -0.2) is 4.98 Å². The lowest BCUT2D eigenvalue weighted by molar-refractivity contribution is 1.31. The maximum atomic E-state index is 5.89. The van der Waals surface area contributed by atoms with Gasteiger partial charge in [-0.2, -0.15) is 0 Å². The van der Waals surface area contributed by atoms with Gasteiger partial charge in [-0.15, -0.1) is 11.3 Å². The molecule has 1 aliphatic rings. The highest BCUT2D eigenvalue weighted by atomic mass is 35.5. The first-order valence-electron chi connectivity index (χ1n) is 6.40. The highest BCUT2D eigenvalue weighted by molar-refractivity contribution is 7.16. The van der Waals surface area contributed by atoms with Crippen molar-refractivity contribution in [2.45, 2.75) is 6.42 Å². The van der Waals surface area contributed by atoms with Gasteiger partial charge < -0.3 is 5.32 Å². The summed E-state index contributed by atoms with van der Waals surface area (Å²) in [6.07, 6.45) is 0.992. The summed E-state index contributed by atoms with van der Waals surface area (Å²) in [4.78, 5) is 6.06. The smallest absolute Gasteiger partial charge is 0.187 e. The van der Waals surface area contributed by atoms with E-state index in [1.807, 2.05) is 24.3 Å². The van der Waals surface area contributed by atoms with E-state index in [2.05, 4.69) is 29.6 Å². The van der Waals surface area contributed by atoms with Gasteiger partial charge in [0, 0.05) is 27.6 Å². The van der Waals surface area contributed by atoms with Gasteiger partial charge in [-0.05, 0) is 29.8 Å². The van der Waals surface area contributed by atoms with Crippen LogP contribution in [0.15, 0.2) is 48.5 Å². The Hall–Kier alpha value is -1.84. The normalized spacial score (nSPS) is 12.1. The molecule has 98 valence electrons. The lowest BCUT2D eigenvalue weighted by atomic mass is 10.1. The van der Waals surface area contributed by atoms with Gasteiger partial charge >= 0.3 is 0 Å². The number of anilines is 2. The molecule has 3 aromatic rings. The van der Waals surface area contributed by atoms with E-state index < -0.39 is 0 Å². The van der Waals surface area contributed by atoms with E-state index in [1.54, 1.807) is 11.3 Å². The van der Waals surface area contributed by atoms with Crippen LogP contribution in [-0.2, 0) is 6.42 Å². The highest BCUT2D eigenvalue weighted by Gasteiger charge is 2.22. The predicted molar refractivity (Wildman–Crippen MR) is 85.1 cm³/mol. The van der Waals surface area contributed by atoms with Crippen molar-refractivity contribution in [2.75, 3.05) is 5.32 Å². The molecule has 0 radical (unpaired) electrons. The molecule has 2 aromatic carbocycles. The van der Waals surface area contributed by atoms with E-state index >= 15 is 0 Å². The molecule has 1 N–H and O–H groups in total. The molecule has 1 aliphatic carbocycles. The van der Waals surface area contributed by atoms with Gasteiger partial charge in [0.25, 0.3) is 0 Å². The predicted octanol–water partition coefficient (Wildman–Crippen LogP) is 5.11. The molecule has 0 fully saturated rings. The number of nitrogens with zero attached hydrogens (tertiary/aromatic N) is 1. The van der Waals surface area contributed by atoms with Crippen LogP contribution in [0.4, 0.5) is 10.8 Å². The minimum Gasteiger partial charge on any atom is -0.332 e. The fraction of sp³-hybridized carbons (Fsp3) is 0.0625. The first-order valence-corrected chi connectivity index (χ1v) is 7.59. The second kappa shape index (κ2) is 4.62. The molecule has 1 heterocycles. The number of aromatic nitrogens is 1. The van der Waals surface area contributed by atoms with Crippen molar-refractivity contribution in [3.8, 4) is 11.3 Å². The summed E-state index contributed by atoms with van der Waals surface area (Å²) in [6, 6.07) is 16.2. The van der Waals surface area contributed by atoms with Gasteiger partial charge in [-0.1, -0.05) is 35.9 Å². The summed E-state index contributed by atoms with van der Waals surface area (Å²) in [7, 11) is 0. The molecule has 0 atom stereocenters. The van der Waals surface area contributed by atoms with Crippen LogP contribution in [0.1, 0.15) is 10.4 Å². The molecule has 0 spiro atoms. The zero-order chi connectivity index (χ0) is 13.5. The van der Waals surface area contributed by atoms with Crippen molar-refractivity contribution >= 4 is 33.8 Å². The van der Waals surface area contributed by atoms with Gasteiger partial charge in [0.05, 0.1) is 5.69 Å². The number of halogens is 1. The van der Waals surface area contributed by atoms with E-state index in [0.29, 0.717) is 0 Å². The molecule has 0 bridgehead atoms. The van der Waals surface area contributed by atoms with Gasteiger partial charge in [-0.3, -0.25) is 0 Å². The summed E-state index contributed by atoms with van der Waals surface area (Å²) in [5, 5.41) is 5.02. The fourth-order valence-corrected chi connectivity index (χ4v) is 3.62. The Bertz CT molecular complexity index is 777. The second-order valence-electron chi connectivity index (χ2n) is 4.76. The van der Waals surface area contributed by atoms with Gasteiger partial charge in [0.15, 0.2) is 5.13 Å². The molecule has 0 saturated heterocycles. The Labute approximate surface area is 126 Å². The molecule has 0 saturated carbocycles. The number of hydrogen-bond donors (Lipinski definition) is 1. The third-order valence-corrected chi connectivity index (χ3v) is 4.64. The fourth-order valence-electron chi connectivity index (χ4n) is 2.47. The third-order valence-electron chi connectivity index (χ3n) is 3.42. The van der Waals surface area contributed by atoms with E-state index in [4.69, 9.17) is 16.6 Å². The van der Waals surface area contributed by atoms with E-state index in [-0.39, 0.29) is 0 Å². The monoisotopic (exact) mass is 298 g/mol. The van der Waals surface area contributed by atoms with Crippen molar-refractivity contribution in [1.82, 2.24) is 4.98 Å². The molecule has 4 rings (SSSR count). The van der Waals surface area contributed by atoms with E-state index in [9.17, 15) is 0 Å². The lowest BCUT2D eigenvalue weighted by Crippen LogP contribution is -1.89. The average Bonchev–Trinajstić information content (AvgIpc) is 2.98. The van der Waals surface area contributed by atoms with Crippen LogP contribution < -0.4 is 5.32 Å². The molecule has 0 unspecified atom stereocenters. The number of rotatable bonds is 2. The Morgan fingerprint density at radius 3 is 2.70 bits per heavy atom. The largest absolute Gasteiger partial charge is 0.332 e. The van der Waals surface area contributed by atoms with Crippen LogP contribution in [-0.4, -0.2) is 4.98 Å². The van der Waals surface area contributed by atoms with E-state index in [1.165, 1.54) is 16.0 Å². The topological polar surface area (TPSA) is 24.9 Å². The van der Waals surface area contributed by atoms with Crippen LogP contribution in [0.2, 0.25) is 5.02 Å². The number of thiazole rings is 1. The third kappa shape index (κ3) is 1.99. The van der Waals surface area contributed by atoms with E-state index in [0.717, 1.165) is 28.0 Å². The molecule has 0 aliphatic heterocycles. The quantitative estimate of drug-likeness (QED) is 0.556. The maximum Gasteiger partial charge on any atom is 0.187 e. The van der Waals surface area contributed by atoms with Crippen LogP contribution >= 0.6 is 22.9 Å². The highest BCUT2D eigenvalue weighted by Crippen LogP contribution is 2.41. The van der Waals surface area contributed by atoms with Crippen molar-refractivity contribution in [3.05, 3.63) is 64.0 Å². The van der Waals surface area contributed by atoms with Crippen molar-refractivity contribution in [2.24, 2.45) is 0 Å². The van der Waals surface area contributed by atoms with Crippen LogP contribution in [0.3, 0.4) is 0 Å². The average molecular weight is 299 g/mol. The molecule has 2 nitrogen and oxygen atoms in total. The number of nitrogens with one attached hydrogen (secondary N) is 1. The molecule has 1 aromatic heterocycles. The SMILES string of the molecule is Clc1ccc(Nc2nc3c(s2)Cc2ccccc2-3)cc1. The minimum atomic E-state index is 0.742. The first-order chi connectivity index (χ1) is 9.79. The van der Waals surface area contributed by atoms with Crippen molar-refractivity contribution in [1.29, 1.82) is 0 Å². The number of benzene rings is 2. The summed E-state index contributed by atoms with van der Waals surface area (Å²) < 4.78 is 0. The Morgan fingerprint density at radius 1 is 1.05 bits per heavy atom. The minimum absolute atomic E-state index is 0.742. The summed E-state index contributed by atoms with van der Waals surface area (Å²) in [5.41, 5.74) is 4.78. The van der Waals surface area contributed by atoms with Crippen LogP contribution in [0.25, 0.3) is 11.3 Å². The van der Waals surface area contributed by atoms with Gasteiger partial charge in [0.2, 0.25) is 0 Å². The first kappa shape index (κ1) is 11.9. The second-order valence-corrected chi connectivity index (χ2v) is 6.28. The van der Waals surface area contributed by atoms with Crippen molar-refractivity contribution < 1.29 is 0 Å². The van der Waals surface area contributed by atoms with Crippen molar-refractivity contribution in [3.63, 3.8) is 0 Å².